The summed E-state index contributed by atoms with van der Waals surface area (Å²) in [5, 5.41) is 0. The molecule has 4 N–H and O–H groups in total. The smallest absolute Gasteiger partial charge is 0.323 e. The molecule has 21 heavy (non-hydrogen) atoms. The standard InChI is InChI=1S/C11H25NO7P2/c1-3-12(4-2)8-6-5-7-10(12)9-11(20(13,14)15)19-21(16,17)18/h10-11H,3-9H2,1-2H3,(H3-,13,14,15,16,17,18)/p+1. The van der Waals surface area contributed by atoms with Crippen molar-refractivity contribution in [2.24, 2.45) is 0 Å². The van der Waals surface area contributed by atoms with E-state index < -0.39 is 21.3 Å². The maximum atomic E-state index is 11.5. The van der Waals surface area contributed by atoms with Gasteiger partial charge in [-0.05, 0) is 33.1 Å². The van der Waals surface area contributed by atoms with Crippen LogP contribution in [0.2, 0.25) is 0 Å². The highest BCUT2D eigenvalue weighted by atomic mass is 31.2. The molecule has 0 aromatic rings. The van der Waals surface area contributed by atoms with Crippen LogP contribution in [0.3, 0.4) is 0 Å². The first kappa shape index (κ1) is 19.3. The predicted molar refractivity (Wildman–Crippen MR) is 77.4 cm³/mol. The van der Waals surface area contributed by atoms with E-state index in [0.717, 1.165) is 38.9 Å². The van der Waals surface area contributed by atoms with Gasteiger partial charge in [0.2, 0.25) is 0 Å². The molecule has 0 radical (unpaired) electrons. The Morgan fingerprint density at radius 1 is 1.14 bits per heavy atom. The Bertz CT molecular complexity index is 428. The van der Waals surface area contributed by atoms with E-state index in [2.05, 4.69) is 4.52 Å². The Morgan fingerprint density at radius 2 is 1.71 bits per heavy atom. The highest BCUT2D eigenvalue weighted by Gasteiger charge is 2.44. The molecule has 2 atom stereocenters. The first-order valence-corrected chi connectivity index (χ1v) is 10.4. The molecule has 1 heterocycles. The van der Waals surface area contributed by atoms with E-state index in [4.69, 9.17) is 9.79 Å². The van der Waals surface area contributed by atoms with Crippen LogP contribution in [0, 0.1) is 0 Å². The van der Waals surface area contributed by atoms with Gasteiger partial charge in [0, 0.05) is 6.42 Å². The third-order valence-electron chi connectivity index (χ3n) is 4.53. The number of rotatable bonds is 7. The molecule has 10 heteroatoms. The third kappa shape index (κ3) is 5.41. The van der Waals surface area contributed by atoms with Gasteiger partial charge < -0.3 is 24.1 Å². The Hall–Kier alpha value is 0.220. The summed E-state index contributed by atoms with van der Waals surface area (Å²) < 4.78 is 27.5. The lowest BCUT2D eigenvalue weighted by Gasteiger charge is -2.47. The number of hydrogen-bond donors (Lipinski definition) is 4. The van der Waals surface area contributed by atoms with Crippen LogP contribution in [0.1, 0.15) is 39.5 Å². The number of piperidine rings is 1. The summed E-state index contributed by atoms with van der Waals surface area (Å²) in [6, 6.07) is -0.0575. The lowest BCUT2D eigenvalue weighted by atomic mass is 9.95. The van der Waals surface area contributed by atoms with Crippen molar-refractivity contribution < 1.29 is 37.7 Å². The van der Waals surface area contributed by atoms with Crippen molar-refractivity contribution in [1.29, 1.82) is 0 Å². The summed E-state index contributed by atoms with van der Waals surface area (Å²) >= 11 is 0. The van der Waals surface area contributed by atoms with Crippen molar-refractivity contribution in [3.8, 4) is 0 Å². The molecular weight excluding hydrogens is 320 g/mol. The normalized spacial score (nSPS) is 24.8. The van der Waals surface area contributed by atoms with Crippen LogP contribution < -0.4 is 0 Å². The molecule has 0 spiro atoms. The van der Waals surface area contributed by atoms with Crippen LogP contribution in [0.5, 0.6) is 0 Å². The quantitative estimate of drug-likeness (QED) is 0.406. The summed E-state index contributed by atoms with van der Waals surface area (Å²) in [5.41, 5.74) is 0. The number of hydrogen-bond acceptors (Lipinski definition) is 3. The van der Waals surface area contributed by atoms with Gasteiger partial charge in [-0.15, -0.1) is 0 Å². The van der Waals surface area contributed by atoms with Crippen molar-refractivity contribution in [1.82, 2.24) is 0 Å². The van der Waals surface area contributed by atoms with Gasteiger partial charge in [0.25, 0.3) is 0 Å². The van der Waals surface area contributed by atoms with Crippen molar-refractivity contribution in [2.75, 3.05) is 19.6 Å². The van der Waals surface area contributed by atoms with Crippen molar-refractivity contribution in [3.63, 3.8) is 0 Å². The maximum absolute atomic E-state index is 11.5. The number of phosphoric acid groups is 1. The lowest BCUT2D eigenvalue weighted by molar-refractivity contribution is -0.953. The second-order valence-electron chi connectivity index (χ2n) is 5.60. The minimum atomic E-state index is -4.94. The van der Waals surface area contributed by atoms with Crippen molar-refractivity contribution in [3.05, 3.63) is 0 Å². The van der Waals surface area contributed by atoms with E-state index in [1.165, 1.54) is 0 Å². The minimum Gasteiger partial charge on any atom is -0.323 e. The van der Waals surface area contributed by atoms with Crippen LogP contribution >= 0.6 is 15.4 Å². The topological polar surface area (TPSA) is 124 Å². The van der Waals surface area contributed by atoms with E-state index in [1.54, 1.807) is 0 Å². The second-order valence-corrected chi connectivity index (χ2v) is 8.55. The number of likely N-dealkylation sites (tertiary alicyclic amines) is 1. The molecule has 126 valence electrons. The number of nitrogens with zero attached hydrogens (tertiary/aromatic N) is 1. The Labute approximate surface area is 125 Å². The number of phosphoric ester groups is 1. The average Bonchev–Trinajstić information content (AvgIpc) is 2.36. The molecule has 8 nitrogen and oxygen atoms in total. The fraction of sp³-hybridized carbons (Fsp3) is 1.00. The summed E-state index contributed by atoms with van der Waals surface area (Å²) in [5.74, 6) is -1.75. The molecule has 0 aliphatic carbocycles. The molecule has 1 fully saturated rings. The van der Waals surface area contributed by atoms with Crippen molar-refractivity contribution >= 4 is 15.4 Å². The van der Waals surface area contributed by atoms with E-state index in [9.17, 15) is 18.9 Å². The summed E-state index contributed by atoms with van der Waals surface area (Å²) in [4.78, 5) is 36.4. The minimum absolute atomic E-state index is 0.0446. The molecule has 1 saturated heterocycles. The Kier molecular flexibility index (Phi) is 6.60. The average molecular weight is 346 g/mol. The molecular formula is C11H26NO7P2+. The van der Waals surface area contributed by atoms with Gasteiger partial charge in [0.15, 0.2) is 5.85 Å². The maximum Gasteiger partial charge on any atom is 0.470 e. The third-order valence-corrected chi connectivity index (χ3v) is 6.29. The summed E-state index contributed by atoms with van der Waals surface area (Å²) in [7, 11) is -9.68. The first-order valence-electron chi connectivity index (χ1n) is 7.19. The van der Waals surface area contributed by atoms with Crippen molar-refractivity contribution in [2.45, 2.75) is 51.4 Å². The molecule has 0 aromatic carbocycles. The van der Waals surface area contributed by atoms with E-state index in [1.807, 2.05) is 13.8 Å². The van der Waals surface area contributed by atoms with Gasteiger partial charge in [0.1, 0.15) is 0 Å². The van der Waals surface area contributed by atoms with Gasteiger partial charge in [0.05, 0.1) is 25.7 Å². The van der Waals surface area contributed by atoms with Crippen LogP contribution in [0.25, 0.3) is 0 Å². The highest BCUT2D eigenvalue weighted by molar-refractivity contribution is 7.53. The molecule has 0 amide bonds. The SMILES string of the molecule is CC[N+]1(CC)CCCCC1CC(OP(=O)(O)O)P(=O)(O)O. The molecule has 1 aliphatic rings. The van der Waals surface area contributed by atoms with Crippen LogP contribution in [-0.4, -0.2) is 55.6 Å². The van der Waals surface area contributed by atoms with E-state index >= 15 is 0 Å². The summed E-state index contributed by atoms with van der Waals surface area (Å²) in [6.07, 6.45) is 2.74. The van der Waals surface area contributed by atoms with Gasteiger partial charge >= 0.3 is 15.4 Å². The summed E-state index contributed by atoms with van der Waals surface area (Å²) in [6.45, 7) is 6.62. The van der Waals surface area contributed by atoms with Crippen LogP contribution in [0.4, 0.5) is 0 Å². The second kappa shape index (κ2) is 7.20. The zero-order valence-corrected chi connectivity index (χ0v) is 14.2. The van der Waals surface area contributed by atoms with Gasteiger partial charge in [-0.3, -0.25) is 9.09 Å². The van der Waals surface area contributed by atoms with Gasteiger partial charge in [-0.2, -0.15) is 0 Å². The number of quaternary nitrogens is 1. The molecule has 0 aromatic heterocycles. The fourth-order valence-corrected chi connectivity index (χ4v) is 5.07. The van der Waals surface area contributed by atoms with Gasteiger partial charge in [-0.1, -0.05) is 0 Å². The van der Waals surface area contributed by atoms with Crippen LogP contribution in [-0.2, 0) is 13.7 Å². The lowest BCUT2D eigenvalue weighted by Crippen LogP contribution is -2.58. The van der Waals surface area contributed by atoms with Gasteiger partial charge in [-0.25, -0.2) is 4.57 Å². The molecule has 1 rings (SSSR count). The zero-order chi connectivity index (χ0) is 16.3. The Balaban J connectivity index is 2.95. The Morgan fingerprint density at radius 3 is 2.14 bits per heavy atom. The predicted octanol–water partition coefficient (Wildman–Crippen LogP) is 1.40. The molecule has 0 bridgehead atoms. The first-order chi connectivity index (χ1) is 9.54. The van der Waals surface area contributed by atoms with Crippen LogP contribution in [0.15, 0.2) is 0 Å². The monoisotopic (exact) mass is 346 g/mol. The highest BCUT2D eigenvalue weighted by Crippen LogP contribution is 2.53. The zero-order valence-electron chi connectivity index (χ0n) is 12.5. The molecule has 1 aliphatic heterocycles. The molecule has 2 unspecified atom stereocenters. The van der Waals surface area contributed by atoms with E-state index in [0.29, 0.717) is 4.48 Å². The fourth-order valence-electron chi connectivity index (χ4n) is 3.29. The largest absolute Gasteiger partial charge is 0.470 e. The van der Waals surface area contributed by atoms with E-state index in [-0.39, 0.29) is 12.5 Å². The molecule has 0 saturated carbocycles.